The van der Waals surface area contributed by atoms with Gasteiger partial charge in [-0.1, -0.05) is 0 Å². The van der Waals surface area contributed by atoms with Gasteiger partial charge in [-0.25, -0.2) is 0 Å². The quantitative estimate of drug-likeness (QED) is 0.811. The molecule has 106 valence electrons. The predicted molar refractivity (Wildman–Crippen MR) is 73.7 cm³/mol. The van der Waals surface area contributed by atoms with Gasteiger partial charge in [-0.05, 0) is 19.9 Å². The number of aromatic nitrogens is 3. The van der Waals surface area contributed by atoms with Crippen molar-refractivity contribution in [3.05, 3.63) is 11.6 Å². The molecule has 0 amide bonds. The average Bonchev–Trinajstić information content (AvgIpc) is 2.84. The minimum absolute atomic E-state index is 0.440. The first-order chi connectivity index (χ1) is 9.28. The molecule has 2 aliphatic rings. The van der Waals surface area contributed by atoms with E-state index in [2.05, 4.69) is 31.6 Å². The second kappa shape index (κ2) is 5.56. The van der Waals surface area contributed by atoms with E-state index in [1.165, 1.54) is 18.7 Å². The molecular formula is C13H24N6. The van der Waals surface area contributed by atoms with Crippen molar-refractivity contribution >= 4 is 0 Å². The molecule has 3 rings (SSSR count). The molecule has 0 radical (unpaired) electrons. The highest BCUT2D eigenvalue weighted by molar-refractivity contribution is 5.00. The number of hydrogen-bond acceptors (Lipinski definition) is 5. The van der Waals surface area contributed by atoms with Crippen molar-refractivity contribution in [1.29, 1.82) is 0 Å². The van der Waals surface area contributed by atoms with Crippen molar-refractivity contribution in [1.82, 2.24) is 24.6 Å². The largest absolute Gasteiger partial charge is 0.329 e. The Hall–Kier alpha value is -0.980. The van der Waals surface area contributed by atoms with Gasteiger partial charge < -0.3 is 15.2 Å². The van der Waals surface area contributed by atoms with Crippen molar-refractivity contribution in [3.8, 4) is 0 Å². The van der Waals surface area contributed by atoms with Crippen LogP contribution in [0.4, 0.5) is 0 Å². The molecular weight excluding hydrogens is 240 g/mol. The zero-order valence-electron chi connectivity index (χ0n) is 11.8. The van der Waals surface area contributed by atoms with E-state index in [0.717, 1.165) is 45.0 Å². The topological polar surface area (TPSA) is 63.2 Å². The molecule has 19 heavy (non-hydrogen) atoms. The molecule has 1 unspecified atom stereocenters. The molecule has 0 saturated carbocycles. The van der Waals surface area contributed by atoms with E-state index in [0.29, 0.717) is 12.6 Å². The van der Waals surface area contributed by atoms with Crippen LogP contribution >= 0.6 is 0 Å². The molecule has 2 N–H and O–H groups in total. The van der Waals surface area contributed by atoms with Crippen molar-refractivity contribution in [2.45, 2.75) is 38.4 Å². The molecule has 2 aliphatic heterocycles. The molecule has 1 aromatic rings. The summed E-state index contributed by atoms with van der Waals surface area (Å²) in [4.78, 5) is 4.82. The van der Waals surface area contributed by atoms with Gasteiger partial charge in [0.15, 0.2) is 0 Å². The molecule has 1 fully saturated rings. The third-order valence-electron chi connectivity index (χ3n) is 4.36. The number of fused-ring (bicyclic) bond motifs is 1. The molecule has 3 heterocycles. The van der Waals surface area contributed by atoms with E-state index < -0.39 is 0 Å². The number of aryl methyl sites for hydroxylation is 1. The Morgan fingerprint density at radius 2 is 2.11 bits per heavy atom. The molecule has 0 aliphatic carbocycles. The first-order valence-corrected chi connectivity index (χ1v) is 7.31. The zero-order valence-corrected chi connectivity index (χ0v) is 11.8. The molecule has 1 aromatic heterocycles. The van der Waals surface area contributed by atoms with Crippen LogP contribution in [0.25, 0.3) is 0 Å². The van der Waals surface area contributed by atoms with Crippen LogP contribution in [0.5, 0.6) is 0 Å². The molecule has 0 spiro atoms. The Bertz CT molecular complexity index is 429. The number of nitrogens with two attached hydrogens (primary N) is 1. The standard InChI is InChI=1S/C13H24N6/c1-17-6-7-18(11(8-14)9-17)10-13-16-15-12-4-2-3-5-19(12)13/h11H,2-10,14H2,1H3. The fourth-order valence-corrected chi connectivity index (χ4v) is 3.15. The summed E-state index contributed by atoms with van der Waals surface area (Å²) >= 11 is 0. The number of piperazine rings is 1. The summed E-state index contributed by atoms with van der Waals surface area (Å²) in [5, 5.41) is 8.73. The SMILES string of the molecule is CN1CCN(Cc2nnc3n2CCCC3)C(CN)C1. The molecule has 1 atom stereocenters. The van der Waals surface area contributed by atoms with E-state index >= 15 is 0 Å². The monoisotopic (exact) mass is 264 g/mol. The van der Waals surface area contributed by atoms with Crippen LogP contribution in [0.2, 0.25) is 0 Å². The minimum Gasteiger partial charge on any atom is -0.329 e. The summed E-state index contributed by atoms with van der Waals surface area (Å²) in [6, 6.07) is 0.440. The van der Waals surface area contributed by atoms with Crippen molar-refractivity contribution in [2.75, 3.05) is 33.2 Å². The van der Waals surface area contributed by atoms with E-state index in [-0.39, 0.29) is 0 Å². The first-order valence-electron chi connectivity index (χ1n) is 7.31. The Morgan fingerprint density at radius 1 is 1.21 bits per heavy atom. The van der Waals surface area contributed by atoms with E-state index in [4.69, 9.17) is 5.73 Å². The fraction of sp³-hybridized carbons (Fsp3) is 0.846. The number of likely N-dealkylation sites (N-methyl/N-ethyl adjacent to an activating group) is 1. The molecule has 6 nitrogen and oxygen atoms in total. The van der Waals surface area contributed by atoms with Crippen LogP contribution in [-0.2, 0) is 19.5 Å². The van der Waals surface area contributed by atoms with Crippen LogP contribution in [0, 0.1) is 0 Å². The number of rotatable bonds is 3. The van der Waals surface area contributed by atoms with Crippen molar-refractivity contribution < 1.29 is 0 Å². The average molecular weight is 264 g/mol. The van der Waals surface area contributed by atoms with Crippen LogP contribution in [0.3, 0.4) is 0 Å². The van der Waals surface area contributed by atoms with Crippen LogP contribution < -0.4 is 5.73 Å². The van der Waals surface area contributed by atoms with Gasteiger partial charge in [0.2, 0.25) is 0 Å². The smallest absolute Gasteiger partial charge is 0.147 e. The Labute approximate surface area is 114 Å². The minimum atomic E-state index is 0.440. The van der Waals surface area contributed by atoms with Crippen LogP contribution in [0.15, 0.2) is 0 Å². The second-order valence-corrected chi connectivity index (χ2v) is 5.76. The summed E-state index contributed by atoms with van der Waals surface area (Å²) < 4.78 is 2.31. The zero-order chi connectivity index (χ0) is 13.2. The van der Waals surface area contributed by atoms with Gasteiger partial charge in [0.25, 0.3) is 0 Å². The Kier molecular flexibility index (Phi) is 3.81. The molecule has 1 saturated heterocycles. The summed E-state index contributed by atoms with van der Waals surface area (Å²) in [6.45, 7) is 5.92. The fourth-order valence-electron chi connectivity index (χ4n) is 3.15. The maximum Gasteiger partial charge on any atom is 0.147 e. The van der Waals surface area contributed by atoms with E-state index in [9.17, 15) is 0 Å². The van der Waals surface area contributed by atoms with Gasteiger partial charge in [-0.3, -0.25) is 4.90 Å². The maximum atomic E-state index is 5.91. The van der Waals surface area contributed by atoms with Crippen molar-refractivity contribution in [3.63, 3.8) is 0 Å². The lowest BCUT2D eigenvalue weighted by Gasteiger charge is -2.39. The predicted octanol–water partition coefficient (Wildman–Crippen LogP) is -0.311. The lowest BCUT2D eigenvalue weighted by Crippen LogP contribution is -2.54. The van der Waals surface area contributed by atoms with Gasteiger partial charge >= 0.3 is 0 Å². The van der Waals surface area contributed by atoms with E-state index in [1.54, 1.807) is 0 Å². The van der Waals surface area contributed by atoms with Gasteiger partial charge in [-0.2, -0.15) is 0 Å². The van der Waals surface area contributed by atoms with Crippen molar-refractivity contribution in [2.24, 2.45) is 5.73 Å². The van der Waals surface area contributed by atoms with Crippen LogP contribution in [-0.4, -0.2) is 63.8 Å². The lowest BCUT2D eigenvalue weighted by atomic mass is 10.1. The Balaban J connectivity index is 1.72. The summed E-state index contributed by atoms with van der Waals surface area (Å²) in [7, 11) is 2.17. The third kappa shape index (κ3) is 2.66. The highest BCUT2D eigenvalue weighted by Crippen LogP contribution is 2.17. The molecule has 0 bridgehead atoms. The molecule has 6 heteroatoms. The van der Waals surface area contributed by atoms with Gasteiger partial charge in [0.05, 0.1) is 6.54 Å². The Morgan fingerprint density at radius 3 is 2.95 bits per heavy atom. The normalized spacial score (nSPS) is 25.5. The third-order valence-corrected chi connectivity index (χ3v) is 4.36. The summed E-state index contributed by atoms with van der Waals surface area (Å²) in [5.74, 6) is 2.29. The van der Waals surface area contributed by atoms with Gasteiger partial charge in [0.1, 0.15) is 11.6 Å². The highest BCUT2D eigenvalue weighted by Gasteiger charge is 2.26. The summed E-state index contributed by atoms with van der Waals surface area (Å²) in [6.07, 6.45) is 3.58. The maximum absolute atomic E-state index is 5.91. The first kappa shape index (κ1) is 13.0. The second-order valence-electron chi connectivity index (χ2n) is 5.76. The highest BCUT2D eigenvalue weighted by atomic mass is 15.3. The van der Waals surface area contributed by atoms with Gasteiger partial charge in [0, 0.05) is 45.2 Å². The van der Waals surface area contributed by atoms with E-state index in [1.807, 2.05) is 0 Å². The summed E-state index contributed by atoms with van der Waals surface area (Å²) in [5.41, 5.74) is 5.91. The van der Waals surface area contributed by atoms with Gasteiger partial charge in [-0.15, -0.1) is 10.2 Å². The lowest BCUT2D eigenvalue weighted by molar-refractivity contribution is 0.0845. The van der Waals surface area contributed by atoms with Crippen LogP contribution in [0.1, 0.15) is 24.5 Å². The number of hydrogen-bond donors (Lipinski definition) is 1. The number of nitrogens with zero attached hydrogens (tertiary/aromatic N) is 5. The molecule has 0 aromatic carbocycles.